The first-order chi connectivity index (χ1) is 9.70. The minimum atomic E-state index is -3.21. The zero-order chi connectivity index (χ0) is 16.1. The van der Waals surface area contributed by atoms with Crippen LogP contribution in [-0.2, 0) is 14.8 Å². The van der Waals surface area contributed by atoms with E-state index < -0.39 is 21.4 Å². The Labute approximate surface area is 124 Å². The van der Waals surface area contributed by atoms with Gasteiger partial charge in [0.2, 0.25) is 10.0 Å². The Balaban J connectivity index is 2.33. The summed E-state index contributed by atoms with van der Waals surface area (Å²) < 4.78 is 24.0. The minimum absolute atomic E-state index is 0.215. The molecule has 122 valence electrons. The molecule has 1 aliphatic rings. The molecule has 0 aromatic heterocycles. The molecule has 2 amide bonds. The molecule has 0 aromatic rings. The average molecular weight is 321 g/mol. The molecule has 9 heteroatoms. The molecule has 1 saturated heterocycles. The van der Waals surface area contributed by atoms with E-state index in [9.17, 15) is 23.1 Å². The number of urea groups is 1. The highest BCUT2D eigenvalue weighted by Gasteiger charge is 2.44. The van der Waals surface area contributed by atoms with Gasteiger partial charge in [-0.25, -0.2) is 17.9 Å². The highest BCUT2D eigenvalue weighted by atomic mass is 32.2. The first kappa shape index (κ1) is 17.7. The number of nitrogens with zero attached hydrogens (tertiary/aromatic N) is 1. The SMILES string of the molecule is CCC1(C(=O)O)CCN(C(=O)NCCCNS(C)(=O)=O)C1. The molecule has 1 fully saturated rings. The van der Waals surface area contributed by atoms with Crippen LogP contribution in [0.25, 0.3) is 0 Å². The second kappa shape index (κ2) is 7.08. The number of rotatable bonds is 7. The first-order valence-electron chi connectivity index (χ1n) is 6.91. The quantitative estimate of drug-likeness (QED) is 0.563. The number of hydrogen-bond donors (Lipinski definition) is 3. The van der Waals surface area contributed by atoms with E-state index >= 15 is 0 Å². The summed E-state index contributed by atoms with van der Waals surface area (Å²) >= 11 is 0. The predicted molar refractivity (Wildman–Crippen MR) is 77.4 cm³/mol. The molecule has 8 nitrogen and oxygen atoms in total. The van der Waals surface area contributed by atoms with Gasteiger partial charge in [-0.1, -0.05) is 6.92 Å². The van der Waals surface area contributed by atoms with Crippen molar-refractivity contribution in [2.75, 3.05) is 32.4 Å². The van der Waals surface area contributed by atoms with E-state index in [1.54, 1.807) is 0 Å². The molecule has 0 bridgehead atoms. The second-order valence-electron chi connectivity index (χ2n) is 5.36. The summed E-state index contributed by atoms with van der Waals surface area (Å²) in [5.74, 6) is -0.863. The van der Waals surface area contributed by atoms with E-state index in [-0.39, 0.29) is 19.1 Å². The molecule has 0 aromatic carbocycles. The van der Waals surface area contributed by atoms with Crippen molar-refractivity contribution < 1.29 is 23.1 Å². The lowest BCUT2D eigenvalue weighted by Gasteiger charge is -2.23. The molecule has 3 N–H and O–H groups in total. The summed E-state index contributed by atoms with van der Waals surface area (Å²) in [6, 6.07) is -0.300. The van der Waals surface area contributed by atoms with E-state index in [1.165, 1.54) is 4.90 Å². The molecule has 1 unspecified atom stereocenters. The number of carbonyl (C=O) groups excluding carboxylic acids is 1. The number of carbonyl (C=O) groups is 2. The van der Waals surface area contributed by atoms with Crippen LogP contribution < -0.4 is 10.0 Å². The largest absolute Gasteiger partial charge is 0.481 e. The summed E-state index contributed by atoms with van der Waals surface area (Å²) in [4.78, 5) is 24.7. The Morgan fingerprint density at radius 2 is 2.00 bits per heavy atom. The van der Waals surface area contributed by atoms with Crippen LogP contribution in [-0.4, -0.2) is 62.9 Å². The van der Waals surface area contributed by atoms with Gasteiger partial charge in [0.05, 0.1) is 11.7 Å². The van der Waals surface area contributed by atoms with Gasteiger partial charge in [-0.3, -0.25) is 4.79 Å². The van der Waals surface area contributed by atoms with Gasteiger partial charge in [0.15, 0.2) is 0 Å². The van der Waals surface area contributed by atoms with Crippen molar-refractivity contribution in [3.63, 3.8) is 0 Å². The van der Waals surface area contributed by atoms with Gasteiger partial charge in [-0.2, -0.15) is 0 Å². The van der Waals surface area contributed by atoms with Crippen molar-refractivity contribution >= 4 is 22.0 Å². The van der Waals surface area contributed by atoms with Crippen molar-refractivity contribution in [3.8, 4) is 0 Å². The monoisotopic (exact) mass is 321 g/mol. The number of aliphatic carboxylic acids is 1. The van der Waals surface area contributed by atoms with Gasteiger partial charge in [0.25, 0.3) is 0 Å². The summed E-state index contributed by atoms with van der Waals surface area (Å²) in [5, 5.41) is 11.9. The fourth-order valence-electron chi connectivity index (χ4n) is 2.31. The summed E-state index contributed by atoms with van der Waals surface area (Å²) in [5.41, 5.74) is -0.838. The van der Waals surface area contributed by atoms with Crippen molar-refractivity contribution in [2.24, 2.45) is 5.41 Å². The van der Waals surface area contributed by atoms with E-state index in [4.69, 9.17) is 0 Å². The maximum absolute atomic E-state index is 11.9. The van der Waals surface area contributed by atoms with Crippen molar-refractivity contribution in [1.82, 2.24) is 14.9 Å². The van der Waals surface area contributed by atoms with E-state index in [1.807, 2.05) is 6.92 Å². The van der Waals surface area contributed by atoms with E-state index in [2.05, 4.69) is 10.0 Å². The number of likely N-dealkylation sites (tertiary alicyclic amines) is 1. The summed E-state index contributed by atoms with van der Waals surface area (Å²) in [7, 11) is -3.21. The van der Waals surface area contributed by atoms with Gasteiger partial charge in [-0.15, -0.1) is 0 Å². The molecule has 1 rings (SSSR count). The maximum Gasteiger partial charge on any atom is 0.317 e. The zero-order valence-corrected chi connectivity index (χ0v) is 13.2. The Hall–Kier alpha value is -1.35. The third-order valence-corrected chi connectivity index (χ3v) is 4.49. The molecule has 0 saturated carbocycles. The van der Waals surface area contributed by atoms with Crippen LogP contribution in [0.2, 0.25) is 0 Å². The highest BCUT2D eigenvalue weighted by Crippen LogP contribution is 2.34. The molecule has 0 aliphatic carbocycles. The fourth-order valence-corrected chi connectivity index (χ4v) is 2.83. The number of hydrogen-bond acceptors (Lipinski definition) is 4. The van der Waals surface area contributed by atoms with Crippen LogP contribution in [0, 0.1) is 5.41 Å². The summed E-state index contributed by atoms with van der Waals surface area (Å²) in [6.07, 6.45) is 2.50. The van der Waals surface area contributed by atoms with Crippen LogP contribution in [0.4, 0.5) is 4.79 Å². The highest BCUT2D eigenvalue weighted by molar-refractivity contribution is 7.88. The normalized spacial score (nSPS) is 22.3. The number of amides is 2. The smallest absolute Gasteiger partial charge is 0.317 e. The number of carboxylic acids is 1. The van der Waals surface area contributed by atoms with E-state index in [0.717, 1.165) is 6.26 Å². The molecule has 1 heterocycles. The van der Waals surface area contributed by atoms with Crippen molar-refractivity contribution in [3.05, 3.63) is 0 Å². The minimum Gasteiger partial charge on any atom is -0.481 e. The van der Waals surface area contributed by atoms with E-state index in [0.29, 0.717) is 32.4 Å². The van der Waals surface area contributed by atoms with Gasteiger partial charge < -0.3 is 15.3 Å². The summed E-state index contributed by atoms with van der Waals surface area (Å²) in [6.45, 7) is 3.05. The number of carboxylic acid groups (broad SMARTS) is 1. The Morgan fingerprint density at radius 1 is 1.33 bits per heavy atom. The maximum atomic E-state index is 11.9. The van der Waals surface area contributed by atoms with Gasteiger partial charge in [0.1, 0.15) is 0 Å². The fraction of sp³-hybridized carbons (Fsp3) is 0.833. The molecule has 0 spiro atoms. The lowest BCUT2D eigenvalue weighted by Crippen LogP contribution is -2.42. The van der Waals surface area contributed by atoms with Crippen LogP contribution >= 0.6 is 0 Å². The molecule has 1 atom stereocenters. The van der Waals surface area contributed by atoms with Crippen LogP contribution in [0.3, 0.4) is 0 Å². The lowest BCUT2D eigenvalue weighted by atomic mass is 9.84. The molecule has 1 aliphatic heterocycles. The third-order valence-electron chi connectivity index (χ3n) is 3.77. The molecule has 0 radical (unpaired) electrons. The number of sulfonamides is 1. The van der Waals surface area contributed by atoms with Crippen molar-refractivity contribution in [1.29, 1.82) is 0 Å². The van der Waals surface area contributed by atoms with Gasteiger partial charge in [0, 0.05) is 26.2 Å². The molecule has 21 heavy (non-hydrogen) atoms. The van der Waals surface area contributed by atoms with Gasteiger partial charge >= 0.3 is 12.0 Å². The molecular formula is C12H23N3O5S. The molecular weight excluding hydrogens is 298 g/mol. The van der Waals surface area contributed by atoms with Gasteiger partial charge in [-0.05, 0) is 19.3 Å². The Morgan fingerprint density at radius 3 is 2.48 bits per heavy atom. The Bertz CT molecular complexity index is 493. The number of nitrogens with one attached hydrogen (secondary N) is 2. The standard InChI is InChI=1S/C12H23N3O5S/c1-3-12(10(16)17)5-8-15(9-12)11(18)13-6-4-7-14-21(2,19)20/h14H,3-9H2,1-2H3,(H,13,18)(H,16,17). The third kappa shape index (κ3) is 5.16. The van der Waals surface area contributed by atoms with Crippen LogP contribution in [0.1, 0.15) is 26.2 Å². The average Bonchev–Trinajstić information content (AvgIpc) is 2.82. The van der Waals surface area contributed by atoms with Crippen LogP contribution in [0.5, 0.6) is 0 Å². The zero-order valence-electron chi connectivity index (χ0n) is 12.4. The topological polar surface area (TPSA) is 116 Å². The Kier molecular flexibility index (Phi) is 5.97. The first-order valence-corrected chi connectivity index (χ1v) is 8.80. The predicted octanol–water partition coefficient (Wildman–Crippen LogP) is -0.178. The van der Waals surface area contributed by atoms with Crippen LogP contribution in [0.15, 0.2) is 0 Å². The van der Waals surface area contributed by atoms with Crippen molar-refractivity contribution in [2.45, 2.75) is 26.2 Å². The second-order valence-corrected chi connectivity index (χ2v) is 7.20. The lowest BCUT2D eigenvalue weighted by molar-refractivity contribution is -0.148.